The number of benzene rings is 1. The quantitative estimate of drug-likeness (QED) is 0.571. The minimum absolute atomic E-state index is 0.0271. The number of aryl methyl sites for hydroxylation is 1. The topological polar surface area (TPSA) is 67.0 Å². The van der Waals surface area contributed by atoms with Crippen molar-refractivity contribution >= 4 is 22.8 Å². The van der Waals surface area contributed by atoms with Gasteiger partial charge in [0.25, 0.3) is 0 Å². The number of carbonyl (C=O) groups excluding carboxylic acids is 1. The zero-order valence-corrected chi connectivity index (χ0v) is 19.2. The van der Waals surface area contributed by atoms with E-state index in [9.17, 15) is 4.79 Å². The molecule has 7 heteroatoms. The Labute approximate surface area is 185 Å². The Kier molecular flexibility index (Phi) is 6.80. The summed E-state index contributed by atoms with van der Waals surface area (Å²) in [5.41, 5.74) is 3.81. The molecule has 0 radical (unpaired) electrons. The molecule has 2 fully saturated rings. The summed E-state index contributed by atoms with van der Waals surface area (Å²) < 4.78 is 0. The highest BCUT2D eigenvalue weighted by atomic mass is 16.2. The van der Waals surface area contributed by atoms with Crippen LogP contribution in [-0.4, -0.2) is 90.5 Å². The number of carbonyl (C=O) groups is 1. The maximum absolute atomic E-state index is 12.7. The van der Waals surface area contributed by atoms with Gasteiger partial charge in [0.1, 0.15) is 0 Å². The second-order valence-corrected chi connectivity index (χ2v) is 8.82. The summed E-state index contributed by atoms with van der Waals surface area (Å²) in [4.78, 5) is 27.3. The van der Waals surface area contributed by atoms with Gasteiger partial charge in [-0.2, -0.15) is 0 Å². The van der Waals surface area contributed by atoms with Crippen LogP contribution in [0.4, 0.5) is 0 Å². The Morgan fingerprint density at radius 1 is 1.13 bits per heavy atom. The summed E-state index contributed by atoms with van der Waals surface area (Å²) in [6.45, 7) is 10.4. The minimum atomic E-state index is -0.0271. The van der Waals surface area contributed by atoms with Gasteiger partial charge in [0.15, 0.2) is 5.96 Å². The molecule has 2 saturated heterocycles. The Balaban J connectivity index is 1.26. The molecule has 0 spiro atoms. The van der Waals surface area contributed by atoms with Gasteiger partial charge in [0, 0.05) is 70.0 Å². The average Bonchev–Trinajstić information content (AvgIpc) is 3.46. The summed E-state index contributed by atoms with van der Waals surface area (Å²) >= 11 is 0. The smallest absolute Gasteiger partial charge is 0.239 e. The first-order chi connectivity index (χ1) is 15.1. The van der Waals surface area contributed by atoms with Crippen molar-refractivity contribution in [1.82, 2.24) is 25.0 Å². The van der Waals surface area contributed by atoms with Gasteiger partial charge in [0.05, 0.1) is 6.04 Å². The second kappa shape index (κ2) is 9.73. The van der Waals surface area contributed by atoms with E-state index in [1.807, 2.05) is 11.9 Å². The number of nitrogens with zero attached hydrogens (tertiary/aromatic N) is 4. The molecular weight excluding hydrogens is 388 g/mol. The molecular formula is C24H36N6O. The van der Waals surface area contributed by atoms with Gasteiger partial charge in [-0.05, 0) is 50.3 Å². The van der Waals surface area contributed by atoms with Crippen molar-refractivity contribution < 1.29 is 4.79 Å². The van der Waals surface area contributed by atoms with E-state index >= 15 is 0 Å². The molecule has 0 saturated carbocycles. The molecule has 1 aromatic carbocycles. The number of aliphatic imine (C=N–C) groups is 1. The third kappa shape index (κ3) is 4.87. The number of likely N-dealkylation sites (tertiary alicyclic amines) is 1. The summed E-state index contributed by atoms with van der Waals surface area (Å²) in [6, 6.07) is 6.54. The molecule has 1 aromatic heterocycles. The first kappa shape index (κ1) is 21.7. The van der Waals surface area contributed by atoms with Gasteiger partial charge >= 0.3 is 0 Å². The fourth-order valence-electron chi connectivity index (χ4n) is 4.83. The predicted octanol–water partition coefficient (Wildman–Crippen LogP) is 2.22. The van der Waals surface area contributed by atoms with E-state index in [1.165, 1.54) is 22.0 Å². The molecule has 1 amide bonds. The fraction of sp³-hybridized carbons (Fsp3) is 0.583. The first-order valence-corrected chi connectivity index (χ1v) is 11.6. The number of fused-ring (bicyclic) bond motifs is 1. The Bertz CT molecular complexity index is 921. The number of nitrogens with one attached hydrogen (secondary N) is 2. The van der Waals surface area contributed by atoms with Crippen LogP contribution in [0.15, 0.2) is 29.4 Å². The van der Waals surface area contributed by atoms with Crippen LogP contribution in [-0.2, 0) is 11.2 Å². The number of guanidine groups is 1. The fourth-order valence-corrected chi connectivity index (χ4v) is 4.83. The first-order valence-electron chi connectivity index (χ1n) is 11.6. The SMILES string of the molecule is CN=C(NCCc1c[nH]c2cc(C)ccc12)N1CCN(C(C)C(=O)N2CCCC2)CC1. The van der Waals surface area contributed by atoms with Crippen LogP contribution >= 0.6 is 0 Å². The second-order valence-electron chi connectivity index (χ2n) is 8.82. The van der Waals surface area contributed by atoms with Crippen LogP contribution in [0.1, 0.15) is 30.9 Å². The number of H-pyrrole nitrogens is 1. The lowest BCUT2D eigenvalue weighted by atomic mass is 10.1. The molecule has 2 aromatic rings. The number of aromatic nitrogens is 1. The van der Waals surface area contributed by atoms with Gasteiger partial charge in [-0.3, -0.25) is 14.7 Å². The maximum atomic E-state index is 12.7. The molecule has 1 atom stereocenters. The summed E-state index contributed by atoms with van der Waals surface area (Å²) in [5.74, 6) is 1.25. The number of aromatic amines is 1. The molecule has 0 aliphatic carbocycles. The monoisotopic (exact) mass is 424 g/mol. The number of piperazine rings is 1. The van der Waals surface area contributed by atoms with Crippen molar-refractivity contribution in [2.24, 2.45) is 4.99 Å². The number of amides is 1. The van der Waals surface area contributed by atoms with E-state index in [0.29, 0.717) is 5.91 Å². The van der Waals surface area contributed by atoms with Gasteiger partial charge in [-0.1, -0.05) is 12.1 Å². The van der Waals surface area contributed by atoms with Gasteiger partial charge in [-0.15, -0.1) is 0 Å². The maximum Gasteiger partial charge on any atom is 0.239 e. The van der Waals surface area contributed by atoms with Crippen molar-refractivity contribution in [3.63, 3.8) is 0 Å². The molecule has 4 rings (SSSR count). The van der Waals surface area contributed by atoms with E-state index in [0.717, 1.165) is 71.0 Å². The third-order valence-corrected chi connectivity index (χ3v) is 6.75. The molecule has 2 N–H and O–H groups in total. The molecule has 1 unspecified atom stereocenters. The molecule has 31 heavy (non-hydrogen) atoms. The van der Waals surface area contributed by atoms with E-state index in [-0.39, 0.29) is 6.04 Å². The van der Waals surface area contributed by atoms with Crippen molar-refractivity contribution in [3.8, 4) is 0 Å². The Hall–Kier alpha value is -2.54. The van der Waals surface area contributed by atoms with E-state index in [4.69, 9.17) is 0 Å². The Morgan fingerprint density at radius 3 is 2.58 bits per heavy atom. The lowest BCUT2D eigenvalue weighted by Crippen LogP contribution is -2.57. The number of rotatable bonds is 5. The van der Waals surface area contributed by atoms with Gasteiger partial charge in [0.2, 0.25) is 5.91 Å². The van der Waals surface area contributed by atoms with Gasteiger partial charge < -0.3 is 20.1 Å². The highest BCUT2D eigenvalue weighted by molar-refractivity contribution is 5.84. The lowest BCUT2D eigenvalue weighted by Gasteiger charge is -2.39. The minimum Gasteiger partial charge on any atom is -0.361 e. The summed E-state index contributed by atoms with van der Waals surface area (Å²) in [6.07, 6.45) is 5.36. The average molecular weight is 425 g/mol. The van der Waals surface area contributed by atoms with Crippen LogP contribution < -0.4 is 5.32 Å². The molecule has 2 aliphatic rings. The largest absolute Gasteiger partial charge is 0.361 e. The lowest BCUT2D eigenvalue weighted by molar-refractivity contribution is -0.135. The summed E-state index contributed by atoms with van der Waals surface area (Å²) in [5, 5.41) is 4.83. The molecule has 0 bridgehead atoms. The van der Waals surface area contributed by atoms with E-state index in [1.54, 1.807) is 0 Å². The van der Waals surface area contributed by atoms with Crippen LogP contribution in [0.2, 0.25) is 0 Å². The zero-order valence-electron chi connectivity index (χ0n) is 19.2. The van der Waals surface area contributed by atoms with Crippen molar-refractivity contribution in [2.45, 2.75) is 39.2 Å². The van der Waals surface area contributed by atoms with Gasteiger partial charge in [-0.25, -0.2) is 0 Å². The van der Waals surface area contributed by atoms with Crippen LogP contribution in [0, 0.1) is 6.92 Å². The highest BCUT2D eigenvalue weighted by Gasteiger charge is 2.30. The number of hydrogen-bond donors (Lipinski definition) is 2. The van der Waals surface area contributed by atoms with Crippen molar-refractivity contribution in [2.75, 3.05) is 52.9 Å². The predicted molar refractivity (Wildman–Crippen MR) is 127 cm³/mol. The van der Waals surface area contributed by atoms with Crippen molar-refractivity contribution in [1.29, 1.82) is 0 Å². The summed E-state index contributed by atoms with van der Waals surface area (Å²) in [7, 11) is 1.85. The molecule has 2 aliphatic heterocycles. The molecule has 7 nitrogen and oxygen atoms in total. The van der Waals surface area contributed by atoms with Crippen LogP contribution in [0.3, 0.4) is 0 Å². The third-order valence-electron chi connectivity index (χ3n) is 6.75. The highest BCUT2D eigenvalue weighted by Crippen LogP contribution is 2.20. The Morgan fingerprint density at radius 2 is 1.87 bits per heavy atom. The number of hydrogen-bond acceptors (Lipinski definition) is 3. The van der Waals surface area contributed by atoms with E-state index < -0.39 is 0 Å². The standard InChI is InChI=1S/C24H36N6O/c1-18-6-7-21-20(17-27-22(21)16-18)8-9-26-24(25-3)30-14-12-28(13-15-30)19(2)23(31)29-10-4-5-11-29/h6-7,16-17,19,27H,4-5,8-15H2,1-3H3,(H,25,26). The van der Waals surface area contributed by atoms with Crippen LogP contribution in [0.5, 0.6) is 0 Å². The van der Waals surface area contributed by atoms with E-state index in [2.05, 4.69) is 63.3 Å². The van der Waals surface area contributed by atoms with Crippen LogP contribution in [0.25, 0.3) is 10.9 Å². The van der Waals surface area contributed by atoms with Crippen molar-refractivity contribution in [3.05, 3.63) is 35.5 Å². The molecule has 3 heterocycles. The zero-order chi connectivity index (χ0) is 21.8. The normalized spacial score (nSPS) is 19.3. The molecule has 168 valence electrons.